The molecule has 2 nitrogen and oxygen atoms in total. The molecule has 0 fully saturated rings. The Morgan fingerprint density at radius 2 is 1.60 bits per heavy atom. The van der Waals surface area contributed by atoms with Gasteiger partial charge < -0.3 is 4.74 Å². The second-order valence-electron chi connectivity index (χ2n) is 3.25. The van der Waals surface area contributed by atoms with Crippen molar-refractivity contribution in [3.8, 4) is 0 Å². The van der Waals surface area contributed by atoms with Gasteiger partial charge in [0.25, 0.3) is 6.47 Å². The maximum Gasteiger partial charge on any atom is 0.292 e. The second kappa shape index (κ2) is 6.59. The highest BCUT2D eigenvalue weighted by atomic mass is 16.5. The summed E-state index contributed by atoms with van der Waals surface area (Å²) in [6, 6.07) is 0. The third-order valence-corrected chi connectivity index (χ3v) is 1.16. The van der Waals surface area contributed by atoms with Crippen LogP contribution in [0.15, 0.2) is 0 Å². The Bertz CT molecular complexity index is 71.8. The minimum atomic E-state index is 0.375. The van der Waals surface area contributed by atoms with Gasteiger partial charge in [0, 0.05) is 0 Å². The van der Waals surface area contributed by atoms with Crippen LogP contribution < -0.4 is 0 Å². The number of hydrogen-bond acceptors (Lipinski definition) is 2. The summed E-state index contributed by atoms with van der Waals surface area (Å²) in [5.41, 5.74) is 0.542. The Labute approximate surface area is 63.6 Å². The minimum absolute atomic E-state index is 0.375. The van der Waals surface area contributed by atoms with Gasteiger partial charge in [-0.25, -0.2) is 0 Å². The minimum Gasteiger partial charge on any atom is -0.471 e. The summed E-state index contributed by atoms with van der Waals surface area (Å²) in [4.78, 5) is 8.95. The molecule has 0 saturated heterocycles. The van der Waals surface area contributed by atoms with E-state index < -0.39 is 0 Å². The Balaban J connectivity index is 0. The quantitative estimate of drug-likeness (QED) is 0.530. The molecule has 62 valence electrons. The van der Waals surface area contributed by atoms with Crippen LogP contribution in [0.25, 0.3) is 0 Å². The van der Waals surface area contributed by atoms with Crippen molar-refractivity contribution in [1.82, 2.24) is 0 Å². The highest BCUT2D eigenvalue weighted by molar-refractivity contribution is 5.36. The topological polar surface area (TPSA) is 26.3 Å². The van der Waals surface area contributed by atoms with Gasteiger partial charge >= 0.3 is 0 Å². The lowest BCUT2D eigenvalue weighted by atomic mass is 9.94. The zero-order chi connectivity index (χ0) is 8.62. The number of rotatable bonds is 1. The Morgan fingerprint density at radius 3 is 1.60 bits per heavy atom. The van der Waals surface area contributed by atoms with Gasteiger partial charge in [-0.1, -0.05) is 34.1 Å². The first-order valence-electron chi connectivity index (χ1n) is 3.44. The van der Waals surface area contributed by atoms with E-state index >= 15 is 0 Å². The average molecular weight is 146 g/mol. The van der Waals surface area contributed by atoms with Gasteiger partial charge in [-0.3, -0.25) is 4.79 Å². The average Bonchev–Trinajstić information content (AvgIpc) is 1.87. The summed E-state index contributed by atoms with van der Waals surface area (Å²) in [6.45, 7) is 9.31. The molecule has 0 aliphatic rings. The van der Waals surface area contributed by atoms with Crippen LogP contribution in [-0.4, -0.2) is 13.6 Å². The number of methoxy groups -OCH3 is 1. The Hall–Kier alpha value is -0.530. The van der Waals surface area contributed by atoms with Gasteiger partial charge in [0.2, 0.25) is 0 Å². The smallest absolute Gasteiger partial charge is 0.292 e. The molecule has 0 aromatic rings. The molecule has 0 aromatic carbocycles. The van der Waals surface area contributed by atoms with Crippen molar-refractivity contribution in [2.75, 3.05) is 7.11 Å². The third-order valence-electron chi connectivity index (χ3n) is 1.16. The molecule has 0 aliphatic carbocycles. The van der Waals surface area contributed by atoms with E-state index in [1.807, 2.05) is 0 Å². The molecule has 0 spiro atoms. The van der Waals surface area contributed by atoms with Gasteiger partial charge in [-0.15, -0.1) is 0 Å². The molecule has 0 unspecified atom stereocenters. The van der Waals surface area contributed by atoms with Crippen LogP contribution in [0.2, 0.25) is 0 Å². The molecule has 0 heterocycles. The number of carbonyl (C=O) groups excluding carboxylic acids is 1. The van der Waals surface area contributed by atoms with E-state index in [0.29, 0.717) is 11.9 Å². The molecular formula is C8H18O2. The highest BCUT2D eigenvalue weighted by Crippen LogP contribution is 2.16. The van der Waals surface area contributed by atoms with Crippen molar-refractivity contribution < 1.29 is 9.53 Å². The van der Waals surface area contributed by atoms with Gasteiger partial charge in [-0.2, -0.15) is 0 Å². The van der Waals surface area contributed by atoms with Crippen molar-refractivity contribution in [3.05, 3.63) is 0 Å². The predicted octanol–water partition coefficient (Wildman–Crippen LogP) is 2.23. The van der Waals surface area contributed by atoms with E-state index in [2.05, 4.69) is 32.4 Å². The molecule has 0 radical (unpaired) electrons. The first kappa shape index (κ1) is 12.2. The van der Waals surface area contributed by atoms with E-state index in [-0.39, 0.29) is 0 Å². The largest absolute Gasteiger partial charge is 0.471 e. The van der Waals surface area contributed by atoms with Crippen LogP contribution in [-0.2, 0) is 9.53 Å². The molecule has 2 heteroatoms. The van der Waals surface area contributed by atoms with Gasteiger partial charge in [0.05, 0.1) is 7.11 Å². The van der Waals surface area contributed by atoms with Gasteiger partial charge in [0.1, 0.15) is 0 Å². The molecule has 0 saturated carbocycles. The molecule has 0 aliphatic heterocycles. The molecule has 0 atom stereocenters. The van der Waals surface area contributed by atoms with Crippen LogP contribution in [0.4, 0.5) is 0 Å². The molecule has 0 amide bonds. The normalized spacial score (nSPS) is 9.30. The van der Waals surface area contributed by atoms with Crippen molar-refractivity contribution in [2.45, 2.75) is 34.1 Å². The van der Waals surface area contributed by atoms with Crippen molar-refractivity contribution in [1.29, 1.82) is 0 Å². The summed E-state index contributed by atoms with van der Waals surface area (Å²) in [5.74, 6) is 0. The van der Waals surface area contributed by atoms with Crippen molar-refractivity contribution in [2.24, 2.45) is 5.41 Å². The van der Waals surface area contributed by atoms with Crippen LogP contribution in [0, 0.1) is 5.41 Å². The van der Waals surface area contributed by atoms with Crippen LogP contribution in [0.1, 0.15) is 34.1 Å². The van der Waals surface area contributed by atoms with Crippen LogP contribution in [0.5, 0.6) is 0 Å². The molecule has 0 N–H and O–H groups in total. The second-order valence-corrected chi connectivity index (χ2v) is 3.25. The maximum atomic E-state index is 8.95. The molecule has 0 aromatic heterocycles. The van der Waals surface area contributed by atoms with Gasteiger partial charge in [-0.05, 0) is 5.41 Å². The maximum absolute atomic E-state index is 8.95. The van der Waals surface area contributed by atoms with E-state index in [4.69, 9.17) is 4.79 Å². The van der Waals surface area contributed by atoms with E-state index in [0.717, 1.165) is 0 Å². The number of carbonyl (C=O) groups is 1. The SMILES string of the molecule is CCC(C)(C)C.COC=O. The lowest BCUT2D eigenvalue weighted by molar-refractivity contribution is -0.126. The van der Waals surface area contributed by atoms with Crippen LogP contribution >= 0.6 is 0 Å². The standard InChI is InChI=1S/C6H14.C2H4O2/c1-5-6(2,3)4;1-4-2-3/h5H2,1-4H3;2H,1H3. The number of hydrogen-bond donors (Lipinski definition) is 0. The summed E-state index contributed by atoms with van der Waals surface area (Å²) in [6.07, 6.45) is 1.27. The van der Waals surface area contributed by atoms with E-state index in [9.17, 15) is 0 Å². The molecule has 10 heavy (non-hydrogen) atoms. The van der Waals surface area contributed by atoms with Crippen molar-refractivity contribution in [3.63, 3.8) is 0 Å². The first-order chi connectivity index (χ1) is 4.47. The fourth-order valence-corrected chi connectivity index (χ4v) is 0. The monoisotopic (exact) mass is 146 g/mol. The Morgan fingerprint density at radius 1 is 1.40 bits per heavy atom. The van der Waals surface area contributed by atoms with E-state index in [1.165, 1.54) is 13.5 Å². The molecule has 0 rings (SSSR count). The van der Waals surface area contributed by atoms with E-state index in [1.54, 1.807) is 0 Å². The van der Waals surface area contributed by atoms with Crippen LogP contribution in [0.3, 0.4) is 0 Å². The molecule has 0 bridgehead atoms. The summed E-state index contributed by atoms with van der Waals surface area (Å²) < 4.78 is 3.86. The number of ether oxygens (including phenoxy) is 1. The van der Waals surface area contributed by atoms with Gasteiger partial charge in [0.15, 0.2) is 0 Å². The molecular weight excluding hydrogens is 128 g/mol. The Kier molecular flexibility index (Phi) is 8.02. The summed E-state index contributed by atoms with van der Waals surface area (Å²) >= 11 is 0. The summed E-state index contributed by atoms with van der Waals surface area (Å²) in [7, 11) is 1.31. The summed E-state index contributed by atoms with van der Waals surface area (Å²) in [5, 5.41) is 0. The third kappa shape index (κ3) is 26.0. The fraction of sp³-hybridized carbons (Fsp3) is 0.875. The lowest BCUT2D eigenvalue weighted by Crippen LogP contribution is -2.00. The zero-order valence-corrected chi connectivity index (χ0v) is 7.60. The van der Waals surface area contributed by atoms with Crippen molar-refractivity contribution >= 4 is 6.47 Å². The first-order valence-corrected chi connectivity index (χ1v) is 3.44. The zero-order valence-electron chi connectivity index (χ0n) is 7.60. The highest BCUT2D eigenvalue weighted by Gasteiger charge is 2.03. The fourth-order valence-electron chi connectivity index (χ4n) is 0. The lowest BCUT2D eigenvalue weighted by Gasteiger charge is -2.12. The predicted molar refractivity (Wildman–Crippen MR) is 42.8 cm³/mol.